The van der Waals surface area contributed by atoms with Crippen molar-refractivity contribution in [3.63, 3.8) is 0 Å². The van der Waals surface area contributed by atoms with Gasteiger partial charge in [0.15, 0.2) is 23.0 Å². The van der Waals surface area contributed by atoms with Crippen LogP contribution in [0.2, 0.25) is 0 Å². The summed E-state index contributed by atoms with van der Waals surface area (Å²) in [4.78, 5) is 3.26. The number of unbranched alkanes of at least 4 members (excludes halogenated alkanes) is 2. The van der Waals surface area contributed by atoms with Crippen LogP contribution in [0, 0.1) is 35.3 Å². The van der Waals surface area contributed by atoms with Gasteiger partial charge in [0.1, 0.15) is 0 Å². The van der Waals surface area contributed by atoms with Gasteiger partial charge in [-0.3, -0.25) is 0 Å². The molecule has 0 bridgehead atoms. The summed E-state index contributed by atoms with van der Waals surface area (Å²) in [6, 6.07) is 0. The van der Waals surface area contributed by atoms with Gasteiger partial charge in [-0.15, -0.1) is 0 Å². The molecule has 0 N–H and O–H groups in total. The Bertz CT molecular complexity index is 767. The number of hydrogen-bond donors (Lipinski definition) is 0. The minimum Gasteiger partial charge on any atom is -0.225 e. The topological polar surface area (TPSA) is 12.9 Å². The number of hydrogen-bond acceptors (Lipinski definition) is 1. The van der Waals surface area contributed by atoms with Gasteiger partial charge in [0.05, 0.1) is 5.56 Å². The maximum Gasteiger partial charge on any atom is 0.436 e. The smallest absolute Gasteiger partial charge is 0.225 e. The predicted molar refractivity (Wildman–Crippen MR) is 82.6 cm³/mol. The van der Waals surface area contributed by atoms with Crippen LogP contribution in [0.15, 0.2) is 0 Å². The van der Waals surface area contributed by atoms with E-state index in [1.807, 2.05) is 11.8 Å². The fourth-order valence-corrected chi connectivity index (χ4v) is 2.00. The largest absolute Gasteiger partial charge is 0.436 e. The van der Waals surface area contributed by atoms with Crippen LogP contribution in [-0.4, -0.2) is 17.3 Å². The summed E-state index contributed by atoms with van der Waals surface area (Å²) in [5, 5.41) is 0. The normalized spacial score (nSPS) is 12.1. The SMILES string of the molecule is CCCC#Cc1nc(C#CCCC)c(F)c(C(F)(C(F)(F)F)C(F)(F)F)c1F. The Hall–Kier alpha value is -2.36. The molecule has 1 nitrogen and oxygen atoms in total. The summed E-state index contributed by atoms with van der Waals surface area (Å²) >= 11 is 0. The maximum atomic E-state index is 14.4. The zero-order valence-electron chi connectivity index (χ0n) is 14.7. The Morgan fingerprint density at radius 2 is 1.07 bits per heavy atom. The molecule has 0 spiro atoms. The predicted octanol–water partition coefficient (Wildman–Crippen LogP) is 5.95. The number of rotatable bonds is 3. The third kappa shape index (κ3) is 4.54. The first-order valence-corrected chi connectivity index (χ1v) is 8.02. The molecule has 0 radical (unpaired) electrons. The molecule has 28 heavy (non-hydrogen) atoms. The lowest BCUT2D eigenvalue weighted by molar-refractivity contribution is -0.350. The third-order valence-corrected chi connectivity index (χ3v) is 3.37. The number of aromatic nitrogens is 1. The van der Waals surface area contributed by atoms with Crippen LogP contribution >= 0.6 is 0 Å². The van der Waals surface area contributed by atoms with E-state index in [9.17, 15) is 39.5 Å². The van der Waals surface area contributed by atoms with Crippen LogP contribution in [0.25, 0.3) is 0 Å². The lowest BCUT2D eigenvalue weighted by atomic mass is 9.92. The van der Waals surface area contributed by atoms with Gasteiger partial charge in [-0.2, -0.15) is 26.3 Å². The third-order valence-electron chi connectivity index (χ3n) is 3.37. The molecule has 0 fully saturated rings. The van der Waals surface area contributed by atoms with Gasteiger partial charge in [-0.05, 0) is 24.7 Å². The van der Waals surface area contributed by atoms with Crippen molar-refractivity contribution in [3.05, 3.63) is 28.6 Å². The lowest BCUT2D eigenvalue weighted by Gasteiger charge is -2.31. The molecule has 0 aliphatic heterocycles. The summed E-state index contributed by atoms with van der Waals surface area (Å²) in [7, 11) is 0. The average molecular weight is 415 g/mol. The molecule has 0 amide bonds. The molecule has 0 unspecified atom stereocenters. The molecule has 0 saturated heterocycles. The van der Waals surface area contributed by atoms with Crippen molar-refractivity contribution >= 4 is 0 Å². The van der Waals surface area contributed by atoms with E-state index in [0.717, 1.165) is 0 Å². The number of alkyl halides is 7. The molecule has 10 heteroatoms. The standard InChI is InChI=1S/C18H14F9N/c1-3-5-7-9-11-14(19)13(15(20)12(28-11)10-8-6-4-2)16(21,17(22,23)24)18(25,26)27/h3-6H2,1-2H3. The fraction of sp³-hybridized carbons (Fsp3) is 0.500. The summed E-state index contributed by atoms with van der Waals surface area (Å²) in [6.45, 7) is 3.30. The van der Waals surface area contributed by atoms with Crippen LogP contribution in [-0.2, 0) is 5.67 Å². The van der Waals surface area contributed by atoms with Crippen molar-refractivity contribution < 1.29 is 39.5 Å². The van der Waals surface area contributed by atoms with Gasteiger partial charge in [0.2, 0.25) is 0 Å². The first-order chi connectivity index (χ1) is 12.8. The van der Waals surface area contributed by atoms with E-state index < -0.39 is 46.6 Å². The molecule has 0 aromatic carbocycles. The Labute approximate surface area is 155 Å². The van der Waals surface area contributed by atoms with E-state index in [1.165, 1.54) is 0 Å². The molecule has 0 aliphatic carbocycles. The van der Waals surface area contributed by atoms with E-state index in [2.05, 4.69) is 16.8 Å². The van der Waals surface area contributed by atoms with Crippen LogP contribution in [0.1, 0.15) is 56.5 Å². The maximum absolute atomic E-state index is 14.4. The monoisotopic (exact) mass is 415 g/mol. The van der Waals surface area contributed by atoms with Crippen molar-refractivity contribution in [1.82, 2.24) is 4.98 Å². The second-order valence-corrected chi connectivity index (χ2v) is 5.57. The zero-order valence-corrected chi connectivity index (χ0v) is 14.7. The Morgan fingerprint density at radius 1 is 0.714 bits per heavy atom. The number of nitrogens with zero attached hydrogens (tertiary/aromatic N) is 1. The summed E-state index contributed by atoms with van der Waals surface area (Å²) in [5.41, 5.74) is -11.7. The van der Waals surface area contributed by atoms with E-state index in [-0.39, 0.29) is 12.8 Å². The Morgan fingerprint density at radius 3 is 1.36 bits per heavy atom. The van der Waals surface area contributed by atoms with Gasteiger partial charge in [-0.1, -0.05) is 25.7 Å². The lowest BCUT2D eigenvalue weighted by Crippen LogP contribution is -2.51. The van der Waals surface area contributed by atoms with Gasteiger partial charge >= 0.3 is 18.0 Å². The van der Waals surface area contributed by atoms with Crippen molar-refractivity contribution in [2.45, 2.75) is 57.6 Å². The fourth-order valence-electron chi connectivity index (χ4n) is 2.00. The van der Waals surface area contributed by atoms with Crippen LogP contribution in [0.5, 0.6) is 0 Å². The molecule has 0 saturated carbocycles. The highest BCUT2D eigenvalue weighted by Crippen LogP contribution is 2.54. The average Bonchev–Trinajstić information content (AvgIpc) is 2.56. The first kappa shape index (κ1) is 23.7. The highest BCUT2D eigenvalue weighted by atomic mass is 19.4. The van der Waals surface area contributed by atoms with Gasteiger partial charge in [0, 0.05) is 12.8 Å². The molecule has 1 aromatic heterocycles. The molecule has 0 aliphatic rings. The van der Waals surface area contributed by atoms with E-state index >= 15 is 0 Å². The summed E-state index contributed by atoms with van der Waals surface area (Å²) in [5.74, 6) is 3.39. The van der Waals surface area contributed by atoms with E-state index in [1.54, 1.807) is 13.8 Å². The number of pyridine rings is 1. The molecular formula is C18H14F9N. The molecule has 1 heterocycles. The Kier molecular flexibility index (Phi) is 7.41. The van der Waals surface area contributed by atoms with Gasteiger partial charge in [0.25, 0.3) is 0 Å². The van der Waals surface area contributed by atoms with Crippen molar-refractivity contribution in [1.29, 1.82) is 0 Å². The molecule has 1 rings (SSSR count). The minimum absolute atomic E-state index is 0.101. The number of halogens is 9. The van der Waals surface area contributed by atoms with Crippen molar-refractivity contribution in [2.24, 2.45) is 0 Å². The highest BCUT2D eigenvalue weighted by molar-refractivity contribution is 5.45. The minimum atomic E-state index is -6.70. The highest BCUT2D eigenvalue weighted by Gasteiger charge is 2.75. The second-order valence-electron chi connectivity index (χ2n) is 5.57. The molecule has 154 valence electrons. The van der Waals surface area contributed by atoms with Gasteiger partial charge < -0.3 is 0 Å². The van der Waals surface area contributed by atoms with Gasteiger partial charge in [-0.25, -0.2) is 18.2 Å². The van der Waals surface area contributed by atoms with Crippen LogP contribution < -0.4 is 0 Å². The van der Waals surface area contributed by atoms with Crippen LogP contribution in [0.3, 0.4) is 0 Å². The van der Waals surface area contributed by atoms with E-state index in [0.29, 0.717) is 12.8 Å². The summed E-state index contributed by atoms with van der Waals surface area (Å²) in [6.07, 6.45) is -12.3. The first-order valence-electron chi connectivity index (χ1n) is 8.02. The van der Waals surface area contributed by atoms with Crippen LogP contribution in [0.4, 0.5) is 39.5 Å². The quantitative estimate of drug-likeness (QED) is 0.439. The molecule has 0 atom stereocenters. The molecular weight excluding hydrogens is 401 g/mol. The van der Waals surface area contributed by atoms with E-state index in [4.69, 9.17) is 0 Å². The molecule has 1 aromatic rings. The van der Waals surface area contributed by atoms with Crippen molar-refractivity contribution in [2.75, 3.05) is 0 Å². The second kappa shape index (κ2) is 8.76. The van der Waals surface area contributed by atoms with Crippen molar-refractivity contribution in [3.8, 4) is 23.7 Å². The summed E-state index contributed by atoms with van der Waals surface area (Å²) < 4.78 is 121. The Balaban J connectivity index is 3.96. The zero-order chi connectivity index (χ0) is 21.8.